The van der Waals surface area contributed by atoms with E-state index in [1.807, 2.05) is 24.3 Å². The summed E-state index contributed by atoms with van der Waals surface area (Å²) in [5, 5.41) is 4.27. The normalized spacial score (nSPS) is 15.9. The Morgan fingerprint density at radius 3 is 2.79 bits per heavy atom. The number of ether oxygens (including phenoxy) is 1. The molecule has 4 rings (SSSR count). The largest absolute Gasteiger partial charge is 0.479 e. The van der Waals surface area contributed by atoms with Gasteiger partial charge in [0.05, 0.1) is 22.9 Å². The van der Waals surface area contributed by atoms with Gasteiger partial charge in [-0.2, -0.15) is 0 Å². The fourth-order valence-corrected chi connectivity index (χ4v) is 4.70. The van der Waals surface area contributed by atoms with E-state index in [0.29, 0.717) is 22.3 Å². The van der Waals surface area contributed by atoms with E-state index >= 15 is 0 Å². The number of benzene rings is 2. The summed E-state index contributed by atoms with van der Waals surface area (Å²) in [6.07, 6.45) is 1.47. The van der Waals surface area contributed by atoms with Crippen LogP contribution in [0.2, 0.25) is 10.0 Å². The van der Waals surface area contributed by atoms with Crippen molar-refractivity contribution >= 4 is 46.1 Å². The average molecular weight is 447 g/mol. The molecule has 0 bridgehead atoms. The Kier molecular flexibility index (Phi) is 5.81. The minimum Gasteiger partial charge on any atom is -0.479 e. The van der Waals surface area contributed by atoms with E-state index in [4.69, 9.17) is 32.9 Å². The van der Waals surface area contributed by atoms with Crippen LogP contribution in [0, 0.1) is 0 Å². The van der Waals surface area contributed by atoms with Gasteiger partial charge < -0.3 is 9.64 Å². The summed E-state index contributed by atoms with van der Waals surface area (Å²) in [5.74, 6) is 0.570. The Bertz CT molecular complexity index is 1070. The number of hydrogen-bond donors (Lipinski definition) is 0. The van der Waals surface area contributed by atoms with Crippen LogP contribution in [0.15, 0.2) is 41.8 Å². The molecule has 29 heavy (non-hydrogen) atoms. The highest BCUT2D eigenvalue weighted by Crippen LogP contribution is 2.39. The van der Waals surface area contributed by atoms with Crippen LogP contribution in [-0.2, 0) is 17.8 Å². The van der Waals surface area contributed by atoms with E-state index in [1.54, 1.807) is 35.3 Å². The van der Waals surface area contributed by atoms with Crippen molar-refractivity contribution in [2.24, 2.45) is 0 Å². The molecule has 1 aliphatic heterocycles. The van der Waals surface area contributed by atoms with Gasteiger partial charge in [-0.25, -0.2) is 4.98 Å². The maximum atomic E-state index is 12.9. The standard InChI is InChI=1S/C22H20Cl2N2O2S/c1-3-4-21-25-18(12-29-21)14-6-8-20-19(9-14)26(22(27)13(2)28-20)11-15-5-7-16(23)10-17(15)24/h5-10,12-13H,3-4,11H2,1-2H3. The molecule has 150 valence electrons. The number of halogens is 2. The van der Waals surface area contributed by atoms with Gasteiger partial charge in [0.1, 0.15) is 5.75 Å². The van der Waals surface area contributed by atoms with E-state index in [9.17, 15) is 4.79 Å². The predicted molar refractivity (Wildman–Crippen MR) is 119 cm³/mol. The SMILES string of the molecule is CCCc1nc(-c2ccc3c(c2)N(Cc2ccc(Cl)cc2Cl)C(=O)C(C)O3)cs1. The summed E-state index contributed by atoms with van der Waals surface area (Å²) in [4.78, 5) is 19.4. The highest BCUT2D eigenvalue weighted by atomic mass is 35.5. The van der Waals surface area contributed by atoms with Crippen molar-refractivity contribution in [2.45, 2.75) is 39.3 Å². The minimum absolute atomic E-state index is 0.106. The van der Waals surface area contributed by atoms with Gasteiger partial charge in [-0.15, -0.1) is 11.3 Å². The number of anilines is 1. The van der Waals surface area contributed by atoms with Crippen LogP contribution < -0.4 is 9.64 Å². The molecule has 4 nitrogen and oxygen atoms in total. The Morgan fingerprint density at radius 1 is 1.21 bits per heavy atom. The van der Waals surface area contributed by atoms with Crippen LogP contribution in [0.1, 0.15) is 30.8 Å². The third-order valence-corrected chi connectivity index (χ3v) is 6.32. The third kappa shape index (κ3) is 4.13. The molecule has 0 saturated carbocycles. The second-order valence-electron chi connectivity index (χ2n) is 6.98. The molecule has 0 aliphatic carbocycles. The first-order valence-electron chi connectivity index (χ1n) is 9.47. The van der Waals surface area contributed by atoms with Gasteiger partial charge in [0.15, 0.2) is 6.10 Å². The molecule has 1 aromatic heterocycles. The number of thiazole rings is 1. The molecule has 3 aromatic rings. The van der Waals surface area contributed by atoms with Gasteiger partial charge >= 0.3 is 0 Å². The summed E-state index contributed by atoms with van der Waals surface area (Å²) in [6, 6.07) is 11.2. The minimum atomic E-state index is -0.560. The highest BCUT2D eigenvalue weighted by Gasteiger charge is 2.32. The molecule has 0 saturated heterocycles. The Hall–Kier alpha value is -2.08. The summed E-state index contributed by atoms with van der Waals surface area (Å²) in [6.45, 7) is 4.24. The molecule has 2 aromatic carbocycles. The van der Waals surface area contributed by atoms with Crippen LogP contribution in [0.4, 0.5) is 5.69 Å². The van der Waals surface area contributed by atoms with Gasteiger partial charge in [0.25, 0.3) is 5.91 Å². The van der Waals surface area contributed by atoms with Gasteiger partial charge in [-0.1, -0.05) is 36.2 Å². The Labute approximate surface area is 184 Å². The van der Waals surface area contributed by atoms with Crippen LogP contribution in [-0.4, -0.2) is 17.0 Å². The van der Waals surface area contributed by atoms with E-state index < -0.39 is 6.10 Å². The lowest BCUT2D eigenvalue weighted by Crippen LogP contribution is -2.44. The Morgan fingerprint density at radius 2 is 2.03 bits per heavy atom. The van der Waals surface area contributed by atoms with Gasteiger partial charge in [-0.05, 0) is 55.7 Å². The van der Waals surface area contributed by atoms with Crippen molar-refractivity contribution < 1.29 is 9.53 Å². The molecule has 2 heterocycles. The predicted octanol–water partition coefficient (Wildman–Crippen LogP) is 6.38. The smallest absolute Gasteiger partial charge is 0.268 e. The number of nitrogens with zero attached hydrogens (tertiary/aromatic N) is 2. The van der Waals surface area contributed by atoms with Crippen LogP contribution >= 0.6 is 34.5 Å². The Balaban J connectivity index is 1.72. The van der Waals surface area contributed by atoms with Crippen molar-refractivity contribution in [3.8, 4) is 17.0 Å². The zero-order valence-corrected chi connectivity index (χ0v) is 18.4. The van der Waals surface area contributed by atoms with Crippen molar-refractivity contribution in [1.82, 2.24) is 4.98 Å². The molecule has 0 N–H and O–H groups in total. The summed E-state index contributed by atoms with van der Waals surface area (Å²) in [5.41, 5.74) is 3.42. The molecule has 1 unspecified atom stereocenters. The molecular formula is C22H20Cl2N2O2S. The van der Waals surface area contributed by atoms with Crippen molar-refractivity contribution in [3.63, 3.8) is 0 Å². The number of carbonyl (C=O) groups is 1. The van der Waals surface area contributed by atoms with Crippen LogP contribution in [0.25, 0.3) is 11.3 Å². The summed E-state index contributed by atoms with van der Waals surface area (Å²) < 4.78 is 5.83. The first-order chi connectivity index (χ1) is 14.0. The fourth-order valence-electron chi connectivity index (χ4n) is 3.32. The zero-order chi connectivity index (χ0) is 20.5. The lowest BCUT2D eigenvalue weighted by Gasteiger charge is -2.33. The van der Waals surface area contributed by atoms with E-state index in [-0.39, 0.29) is 5.91 Å². The number of aryl methyl sites for hydroxylation is 1. The fraction of sp³-hybridized carbons (Fsp3) is 0.273. The van der Waals surface area contributed by atoms with E-state index in [2.05, 4.69) is 12.3 Å². The van der Waals surface area contributed by atoms with Crippen LogP contribution in [0.3, 0.4) is 0 Å². The summed E-state index contributed by atoms with van der Waals surface area (Å²) >= 11 is 14.0. The quantitative estimate of drug-likeness (QED) is 0.456. The molecule has 1 amide bonds. The van der Waals surface area contributed by atoms with Gasteiger partial charge in [0.2, 0.25) is 0 Å². The first-order valence-corrected chi connectivity index (χ1v) is 11.1. The number of fused-ring (bicyclic) bond motifs is 1. The lowest BCUT2D eigenvalue weighted by atomic mass is 10.1. The maximum Gasteiger partial charge on any atom is 0.268 e. The number of aromatic nitrogens is 1. The molecule has 1 aliphatic rings. The first kappa shape index (κ1) is 20.2. The molecule has 1 atom stereocenters. The topological polar surface area (TPSA) is 42.4 Å². The third-order valence-electron chi connectivity index (χ3n) is 4.82. The van der Waals surface area contributed by atoms with Crippen molar-refractivity contribution in [3.05, 3.63) is 62.4 Å². The number of carbonyl (C=O) groups excluding carboxylic acids is 1. The highest BCUT2D eigenvalue weighted by molar-refractivity contribution is 7.09. The summed E-state index contributed by atoms with van der Waals surface area (Å²) in [7, 11) is 0. The van der Waals surface area contributed by atoms with Gasteiger partial charge in [0, 0.05) is 21.0 Å². The second-order valence-corrected chi connectivity index (χ2v) is 8.77. The number of amides is 1. The molecule has 0 radical (unpaired) electrons. The molecule has 0 spiro atoms. The monoisotopic (exact) mass is 446 g/mol. The van der Waals surface area contributed by atoms with Crippen LogP contribution in [0.5, 0.6) is 5.75 Å². The number of hydrogen-bond acceptors (Lipinski definition) is 4. The van der Waals surface area contributed by atoms with E-state index in [0.717, 1.165) is 40.4 Å². The average Bonchev–Trinajstić information content (AvgIpc) is 3.16. The van der Waals surface area contributed by atoms with E-state index in [1.165, 1.54) is 0 Å². The second kappa shape index (κ2) is 8.34. The van der Waals surface area contributed by atoms with Crippen molar-refractivity contribution in [2.75, 3.05) is 4.90 Å². The molecular weight excluding hydrogens is 427 g/mol. The molecule has 0 fully saturated rings. The number of rotatable bonds is 5. The molecule has 7 heteroatoms. The van der Waals surface area contributed by atoms with Crippen molar-refractivity contribution in [1.29, 1.82) is 0 Å². The zero-order valence-electron chi connectivity index (χ0n) is 16.1. The van der Waals surface area contributed by atoms with Gasteiger partial charge in [-0.3, -0.25) is 4.79 Å². The lowest BCUT2D eigenvalue weighted by molar-refractivity contribution is -0.125. The maximum absolute atomic E-state index is 12.9.